The van der Waals surface area contributed by atoms with Crippen molar-refractivity contribution >= 4 is 5.78 Å². The molecule has 2 rings (SSSR count). The molecule has 1 fully saturated rings. The van der Waals surface area contributed by atoms with Crippen molar-refractivity contribution in [3.8, 4) is 0 Å². The molecule has 2 nitrogen and oxygen atoms in total. The van der Waals surface area contributed by atoms with Crippen LogP contribution < -0.4 is 5.32 Å². The fraction of sp³-hybridized carbons (Fsp3) is 0.632. The Morgan fingerprint density at radius 2 is 1.90 bits per heavy atom. The summed E-state index contributed by atoms with van der Waals surface area (Å²) in [6, 6.07) is 4.39. The number of carbonyl (C=O) groups is 1. The van der Waals surface area contributed by atoms with Crippen molar-refractivity contribution < 1.29 is 4.79 Å². The first-order valence-electron chi connectivity index (χ1n) is 8.29. The largest absolute Gasteiger partial charge is 0.316 e. The maximum atomic E-state index is 13.0. The molecular formula is C19H29NO. The van der Waals surface area contributed by atoms with Crippen molar-refractivity contribution in [1.82, 2.24) is 5.32 Å². The molecule has 0 aliphatic carbocycles. The Hall–Kier alpha value is -1.15. The number of aryl methyl sites for hydroxylation is 3. The third-order valence-corrected chi connectivity index (χ3v) is 4.97. The Kier molecular flexibility index (Phi) is 5.21. The van der Waals surface area contributed by atoms with E-state index in [9.17, 15) is 4.79 Å². The van der Waals surface area contributed by atoms with Gasteiger partial charge in [0.25, 0.3) is 0 Å². The summed E-state index contributed by atoms with van der Waals surface area (Å²) in [6.07, 6.45) is 4.87. The second-order valence-corrected chi connectivity index (χ2v) is 6.79. The number of hydrogen-bond donors (Lipinski definition) is 1. The maximum absolute atomic E-state index is 13.0. The Labute approximate surface area is 129 Å². The molecule has 0 spiro atoms. The summed E-state index contributed by atoms with van der Waals surface area (Å²) >= 11 is 0. The van der Waals surface area contributed by atoms with E-state index in [1.54, 1.807) is 0 Å². The van der Waals surface area contributed by atoms with Crippen molar-refractivity contribution in [2.24, 2.45) is 5.41 Å². The Balaban J connectivity index is 2.23. The molecular weight excluding hydrogens is 258 g/mol. The third kappa shape index (κ3) is 3.55. The molecule has 0 radical (unpaired) electrons. The Morgan fingerprint density at radius 1 is 1.24 bits per heavy atom. The minimum Gasteiger partial charge on any atom is -0.316 e. The van der Waals surface area contributed by atoms with Gasteiger partial charge >= 0.3 is 0 Å². The zero-order valence-electron chi connectivity index (χ0n) is 14.0. The highest BCUT2D eigenvalue weighted by Gasteiger charge is 2.38. The molecule has 1 unspecified atom stereocenters. The Morgan fingerprint density at radius 3 is 2.43 bits per heavy atom. The van der Waals surface area contributed by atoms with Crippen molar-refractivity contribution in [3.63, 3.8) is 0 Å². The lowest BCUT2D eigenvalue weighted by atomic mass is 9.71. The average Bonchev–Trinajstić information content (AvgIpc) is 2.44. The minimum atomic E-state index is -0.128. The van der Waals surface area contributed by atoms with Crippen LogP contribution in [0.3, 0.4) is 0 Å². The van der Waals surface area contributed by atoms with Gasteiger partial charge in [0.15, 0.2) is 0 Å². The van der Waals surface area contributed by atoms with E-state index in [-0.39, 0.29) is 5.41 Å². The molecule has 0 saturated carbocycles. The van der Waals surface area contributed by atoms with E-state index in [0.29, 0.717) is 12.2 Å². The average molecular weight is 287 g/mol. The van der Waals surface area contributed by atoms with Crippen LogP contribution in [0.4, 0.5) is 0 Å². The van der Waals surface area contributed by atoms with Gasteiger partial charge in [-0.05, 0) is 63.3 Å². The fourth-order valence-corrected chi connectivity index (χ4v) is 3.87. The monoisotopic (exact) mass is 287 g/mol. The van der Waals surface area contributed by atoms with Crippen LogP contribution in [0.2, 0.25) is 0 Å². The van der Waals surface area contributed by atoms with Gasteiger partial charge in [0.1, 0.15) is 5.78 Å². The van der Waals surface area contributed by atoms with Crippen LogP contribution in [-0.2, 0) is 11.2 Å². The molecule has 1 aliphatic heterocycles. The summed E-state index contributed by atoms with van der Waals surface area (Å²) < 4.78 is 0. The van der Waals surface area contributed by atoms with Crippen LogP contribution in [-0.4, -0.2) is 18.9 Å². The first-order valence-corrected chi connectivity index (χ1v) is 8.29. The zero-order chi connectivity index (χ0) is 15.5. The Bertz CT molecular complexity index is 484. The summed E-state index contributed by atoms with van der Waals surface area (Å²) in [5, 5.41) is 3.44. The molecule has 116 valence electrons. The van der Waals surface area contributed by atoms with Crippen molar-refractivity contribution in [1.29, 1.82) is 0 Å². The smallest absolute Gasteiger partial charge is 0.144 e. The van der Waals surface area contributed by atoms with Gasteiger partial charge in [0.2, 0.25) is 0 Å². The summed E-state index contributed by atoms with van der Waals surface area (Å²) in [5.41, 5.74) is 4.92. The van der Waals surface area contributed by atoms with Crippen LogP contribution in [0, 0.1) is 26.2 Å². The number of piperidine rings is 1. The number of ketones is 1. The van der Waals surface area contributed by atoms with E-state index in [2.05, 4.69) is 45.1 Å². The van der Waals surface area contributed by atoms with E-state index in [0.717, 1.165) is 38.8 Å². The van der Waals surface area contributed by atoms with E-state index in [1.807, 2.05) is 0 Å². The van der Waals surface area contributed by atoms with Crippen LogP contribution in [0.25, 0.3) is 0 Å². The number of hydrogen-bond acceptors (Lipinski definition) is 2. The summed E-state index contributed by atoms with van der Waals surface area (Å²) in [5.74, 6) is 0.437. The maximum Gasteiger partial charge on any atom is 0.144 e. The van der Waals surface area contributed by atoms with Gasteiger partial charge in [-0.1, -0.05) is 31.0 Å². The highest BCUT2D eigenvalue weighted by molar-refractivity contribution is 5.87. The first-order chi connectivity index (χ1) is 9.98. The molecule has 1 aromatic rings. The van der Waals surface area contributed by atoms with Crippen LogP contribution in [0.5, 0.6) is 0 Å². The van der Waals surface area contributed by atoms with Gasteiger partial charge < -0.3 is 5.32 Å². The number of carbonyl (C=O) groups excluding carboxylic acids is 1. The topological polar surface area (TPSA) is 29.1 Å². The van der Waals surface area contributed by atoms with Gasteiger partial charge in [0, 0.05) is 18.4 Å². The van der Waals surface area contributed by atoms with E-state index in [1.165, 1.54) is 22.3 Å². The minimum absolute atomic E-state index is 0.128. The molecule has 0 bridgehead atoms. The molecule has 21 heavy (non-hydrogen) atoms. The molecule has 1 aromatic carbocycles. The number of benzene rings is 1. The van der Waals surface area contributed by atoms with Gasteiger partial charge in [0.05, 0.1) is 0 Å². The number of Topliss-reactive ketones (excluding diaryl/α,β-unsaturated/α-hetero) is 1. The molecule has 1 aliphatic rings. The highest BCUT2D eigenvalue weighted by Crippen LogP contribution is 2.34. The summed E-state index contributed by atoms with van der Waals surface area (Å²) in [6.45, 7) is 10.5. The quantitative estimate of drug-likeness (QED) is 0.890. The molecule has 1 N–H and O–H groups in total. The van der Waals surface area contributed by atoms with Crippen molar-refractivity contribution in [3.05, 3.63) is 34.4 Å². The van der Waals surface area contributed by atoms with Crippen LogP contribution >= 0.6 is 0 Å². The normalized spacial score (nSPS) is 22.3. The lowest BCUT2D eigenvalue weighted by Crippen LogP contribution is -2.46. The molecule has 1 atom stereocenters. The predicted molar refractivity (Wildman–Crippen MR) is 88.8 cm³/mol. The zero-order valence-corrected chi connectivity index (χ0v) is 14.0. The predicted octanol–water partition coefficient (Wildman–Crippen LogP) is 3.89. The molecule has 2 heteroatoms. The van der Waals surface area contributed by atoms with Gasteiger partial charge in [-0.25, -0.2) is 0 Å². The van der Waals surface area contributed by atoms with E-state index < -0.39 is 0 Å². The lowest BCUT2D eigenvalue weighted by molar-refractivity contribution is -0.129. The SMILES string of the molecule is CCCC1(C(=O)Cc2c(C)cc(C)cc2C)CCCNC1. The number of rotatable bonds is 5. The number of nitrogens with one attached hydrogen (secondary N) is 1. The van der Waals surface area contributed by atoms with Crippen molar-refractivity contribution in [2.75, 3.05) is 13.1 Å². The third-order valence-electron chi connectivity index (χ3n) is 4.97. The second kappa shape index (κ2) is 6.74. The molecule has 1 saturated heterocycles. The molecule has 0 aromatic heterocycles. The van der Waals surface area contributed by atoms with Crippen LogP contribution in [0.15, 0.2) is 12.1 Å². The van der Waals surface area contributed by atoms with E-state index in [4.69, 9.17) is 0 Å². The van der Waals surface area contributed by atoms with E-state index >= 15 is 0 Å². The summed E-state index contributed by atoms with van der Waals surface area (Å²) in [7, 11) is 0. The lowest BCUT2D eigenvalue weighted by Gasteiger charge is -2.36. The van der Waals surface area contributed by atoms with Crippen LogP contribution in [0.1, 0.15) is 54.9 Å². The molecule has 0 amide bonds. The highest BCUT2D eigenvalue weighted by atomic mass is 16.1. The second-order valence-electron chi connectivity index (χ2n) is 6.79. The fourth-order valence-electron chi connectivity index (χ4n) is 3.87. The first kappa shape index (κ1) is 16.2. The van der Waals surface area contributed by atoms with Gasteiger partial charge in [-0.2, -0.15) is 0 Å². The summed E-state index contributed by atoms with van der Waals surface area (Å²) in [4.78, 5) is 13.0. The van der Waals surface area contributed by atoms with Crippen molar-refractivity contribution in [2.45, 2.75) is 59.8 Å². The standard InChI is InChI=1S/C19H29NO/c1-5-7-19(8-6-9-20-13-19)18(21)12-17-15(3)10-14(2)11-16(17)4/h10-11,20H,5-9,12-13H2,1-4H3. The van der Waals surface area contributed by atoms with Gasteiger partial charge in [-0.15, -0.1) is 0 Å². The van der Waals surface area contributed by atoms with Gasteiger partial charge in [-0.3, -0.25) is 4.79 Å². The molecule has 1 heterocycles.